The molecule has 7 aliphatic rings. The molecule has 1 fully saturated rings. The van der Waals surface area contributed by atoms with E-state index < -0.39 is 42.2 Å². The molecule has 13 rings (SSSR count). The predicted octanol–water partition coefficient (Wildman–Crippen LogP) is 5.63. The van der Waals surface area contributed by atoms with Crippen molar-refractivity contribution >= 4 is 111 Å². The van der Waals surface area contributed by atoms with E-state index in [1.807, 2.05) is 48.5 Å². The number of aliphatic imine (C=N–C) groups is 2. The topological polar surface area (TPSA) is 233 Å². The zero-order valence-corrected chi connectivity index (χ0v) is 50.8. The van der Waals surface area contributed by atoms with Crippen molar-refractivity contribution in [2.75, 3.05) is 53.2 Å². The molecule has 9 heterocycles. The van der Waals surface area contributed by atoms with Crippen molar-refractivity contribution in [2.45, 2.75) is 89.6 Å². The van der Waals surface area contributed by atoms with Gasteiger partial charge in [0.25, 0.3) is 11.8 Å². The van der Waals surface area contributed by atoms with E-state index in [4.69, 9.17) is 39.0 Å². The monoisotopic (exact) mass is 1190 g/mol. The second-order valence-corrected chi connectivity index (χ2v) is 37.8. The summed E-state index contributed by atoms with van der Waals surface area (Å²) in [5, 5.41) is 10.3. The van der Waals surface area contributed by atoms with Crippen molar-refractivity contribution < 1.29 is 59.7 Å². The summed E-state index contributed by atoms with van der Waals surface area (Å²) in [7, 11) is -12.0. The fourth-order valence-electron chi connectivity index (χ4n) is 13.8. The maximum absolute atomic E-state index is 13.5. The van der Waals surface area contributed by atoms with Crippen LogP contribution in [0.2, 0.25) is 38.3 Å². The maximum atomic E-state index is 13.5. The number of carbonyl (C=O) groups excluding carboxylic acids is 5. The first-order valence-electron chi connectivity index (χ1n) is 29.0. The fourth-order valence-corrected chi connectivity index (χ4v) is 36.1. The first kappa shape index (κ1) is 55.4. The standard InChI is InChI=1S/C59H67N11O11Si3/c1-76-32-33-77-34-35-78-38-48(72)61-31-17-37-83(4,5)81-84(80-82(2,3)36-16-30-60-47(71)26-14-15-27-51(75)79-66-49(73)28-29-50(66)74)67-52-39-18-6-7-19-40(39)53(67)63-55-43-22-10-11-23-44(43)57(69(55)84)65-59-46-25-13-12-24-45(46)58(70(59)84)64-56-42-21-9-8-20-41(42)54(62-52)68(56)84/h6-13,18-25H,14-17,26-38H2,1-5H3,(H,60,71)(H,61,72). The van der Waals surface area contributed by atoms with Gasteiger partial charge in [0, 0.05) is 20.0 Å². The molecule has 0 aliphatic carbocycles. The third-order valence-electron chi connectivity index (χ3n) is 16.9. The zero-order chi connectivity index (χ0) is 58.2. The van der Waals surface area contributed by atoms with Crippen LogP contribution in [0.4, 0.5) is 11.6 Å². The quantitative estimate of drug-likeness (QED) is 0.0384. The van der Waals surface area contributed by atoms with Crippen LogP contribution < -0.4 is 21.6 Å². The number of aromatic nitrogens is 2. The molecular formula is C59H67N11O11Si3. The number of unbranched alkanes of at least 4 members (excludes halogenated alkanes) is 1. The number of hydrogen-bond donors (Lipinski definition) is 2. The number of carbonyl (C=O) groups is 5. The van der Waals surface area contributed by atoms with Gasteiger partial charge in [-0.25, -0.2) is 4.79 Å². The number of methoxy groups -OCH3 is 1. The Kier molecular flexibility index (Phi) is 13.5. The van der Waals surface area contributed by atoms with Crippen LogP contribution in [0.25, 0.3) is 21.5 Å². The summed E-state index contributed by atoms with van der Waals surface area (Å²) in [6, 6.07) is 34.2. The molecule has 0 bridgehead atoms. The number of hydrogen-bond acceptors (Lipinski definition) is 15. The van der Waals surface area contributed by atoms with E-state index in [0.717, 1.165) is 43.8 Å². The van der Waals surface area contributed by atoms with Crippen LogP contribution >= 0.6 is 0 Å². The molecule has 2 N–H and O–H groups in total. The number of benzene rings is 4. The normalized spacial score (nSPS) is 18.4. The van der Waals surface area contributed by atoms with Crippen molar-refractivity contribution in [3.05, 3.63) is 130 Å². The van der Waals surface area contributed by atoms with Gasteiger partial charge in [-0.2, -0.15) is 0 Å². The number of imide groups is 1. The molecule has 84 heavy (non-hydrogen) atoms. The molecule has 2 aromatic heterocycles. The molecule has 25 heteroatoms. The second-order valence-electron chi connectivity index (χ2n) is 23.5. The molecule has 22 nitrogen and oxygen atoms in total. The predicted molar refractivity (Wildman–Crippen MR) is 318 cm³/mol. The summed E-state index contributed by atoms with van der Waals surface area (Å²) in [5.41, 5.74) is 4.75. The summed E-state index contributed by atoms with van der Waals surface area (Å²) in [6.07, 6.45) is 2.01. The number of fused-ring (bicyclic) bond motifs is 12. The van der Waals surface area contributed by atoms with E-state index in [9.17, 15) is 32.2 Å². The number of nitrogens with zero attached hydrogens (tertiary/aromatic N) is 9. The minimum atomic E-state index is -6.99. The van der Waals surface area contributed by atoms with E-state index in [1.165, 1.54) is 0 Å². The van der Waals surface area contributed by atoms with Crippen molar-refractivity contribution in [3.63, 3.8) is 0 Å². The molecule has 4 amide bonds. The average molecular weight is 1190 g/mol. The number of ether oxygens (including phenoxy) is 3. The Morgan fingerprint density at radius 1 is 0.560 bits per heavy atom. The SMILES string of the molecule is COCCOCCOCC(=O)NCCC[Si](C)(C)O[Si-2]123(O[Si](C)(C)CCCNC(=O)CCCCC(=O)ON4C(=O)CCC4=O)n4c5c6ccccc6c4N=C4c6ccccc6C(=[N+]41)N=c1c4ccccc4c(n12)=NC1=[N+]3C(=N5)c2ccccc21. The number of amidine groups is 4. The molecule has 436 valence electrons. The van der Waals surface area contributed by atoms with Crippen LogP contribution in [0.1, 0.15) is 73.6 Å². The fraction of sp³-hybridized carbons (Fsp3) is 0.373. The molecule has 0 unspecified atom stereocenters. The van der Waals surface area contributed by atoms with E-state index in [2.05, 4.69) is 102 Å². The molecule has 1 saturated heterocycles. The minimum absolute atomic E-state index is 0.0143. The van der Waals surface area contributed by atoms with E-state index in [1.54, 1.807) is 7.11 Å². The van der Waals surface area contributed by atoms with Crippen molar-refractivity contribution in [1.29, 1.82) is 0 Å². The third kappa shape index (κ3) is 8.14. The van der Waals surface area contributed by atoms with Gasteiger partial charge in [-0.15, -0.1) is 5.06 Å². The Balaban J connectivity index is 0.940. The van der Waals surface area contributed by atoms with Gasteiger partial charge >= 0.3 is 414 Å². The van der Waals surface area contributed by atoms with Crippen LogP contribution in [0.5, 0.6) is 0 Å². The number of rotatable bonds is 26. The Labute approximate surface area is 485 Å². The van der Waals surface area contributed by atoms with E-state index in [0.29, 0.717) is 122 Å². The Morgan fingerprint density at radius 3 is 1.56 bits per heavy atom. The van der Waals surface area contributed by atoms with Gasteiger partial charge in [0.15, 0.2) is 0 Å². The van der Waals surface area contributed by atoms with Gasteiger partial charge in [-0.05, 0) is 0 Å². The Morgan fingerprint density at radius 2 is 1.02 bits per heavy atom. The van der Waals surface area contributed by atoms with Gasteiger partial charge in [0.2, 0.25) is 0 Å². The van der Waals surface area contributed by atoms with Gasteiger partial charge < -0.3 is 9.57 Å². The second kappa shape index (κ2) is 20.5. The Bertz CT molecular complexity index is 3960. The van der Waals surface area contributed by atoms with Gasteiger partial charge in [0.05, 0.1) is 13.2 Å². The molecule has 0 atom stereocenters. The van der Waals surface area contributed by atoms with E-state index in [-0.39, 0.29) is 50.7 Å². The summed E-state index contributed by atoms with van der Waals surface area (Å²) in [5.74, 6) is 1.63. The number of amides is 4. The van der Waals surface area contributed by atoms with Gasteiger partial charge in [-0.1, -0.05) is 0 Å². The first-order chi connectivity index (χ1) is 40.6. The van der Waals surface area contributed by atoms with E-state index >= 15 is 0 Å². The van der Waals surface area contributed by atoms with Crippen molar-refractivity contribution in [1.82, 2.24) is 24.2 Å². The molecular weight excluding hydrogens is 1120 g/mol. The number of nitrogens with one attached hydrogen (secondary N) is 2. The summed E-state index contributed by atoms with van der Waals surface area (Å²) >= 11 is 0. The third-order valence-corrected chi connectivity index (χ3v) is 33.6. The molecule has 0 radical (unpaired) electrons. The van der Waals surface area contributed by atoms with Crippen LogP contribution in [0.3, 0.4) is 0 Å². The molecule has 4 aromatic carbocycles. The van der Waals surface area contributed by atoms with Crippen LogP contribution in [0, 0.1) is 0 Å². The zero-order valence-electron chi connectivity index (χ0n) is 47.8. The average Bonchev–Trinajstić information content (AvgIpc) is 1.24. The molecule has 7 aliphatic heterocycles. The van der Waals surface area contributed by atoms with Gasteiger partial charge in [-0.3, -0.25) is 9.59 Å². The van der Waals surface area contributed by atoms with Crippen LogP contribution in [-0.4, -0.2) is 153 Å². The summed E-state index contributed by atoms with van der Waals surface area (Å²) < 4.78 is 43.8. The molecule has 1 spiro atoms. The summed E-state index contributed by atoms with van der Waals surface area (Å²) in [6.45, 7) is 11.1. The van der Waals surface area contributed by atoms with Crippen LogP contribution in [-0.2, 0) is 51.3 Å². The molecule has 6 aromatic rings. The van der Waals surface area contributed by atoms with Crippen LogP contribution in [0.15, 0.2) is 117 Å². The first-order valence-corrected chi connectivity index (χ1v) is 37.8. The van der Waals surface area contributed by atoms with Gasteiger partial charge in [0.1, 0.15) is 0 Å². The number of hydroxylamine groups is 2. The van der Waals surface area contributed by atoms with Crippen molar-refractivity contribution in [3.8, 4) is 0 Å². The Hall–Kier alpha value is -7.76. The molecule has 0 saturated carbocycles. The summed E-state index contributed by atoms with van der Waals surface area (Å²) in [4.78, 5) is 91.6. The van der Waals surface area contributed by atoms with Crippen molar-refractivity contribution in [2.24, 2.45) is 20.0 Å².